The highest BCUT2D eigenvalue weighted by atomic mass is 15.1. The molecule has 2 aromatic rings. The third-order valence-electron chi connectivity index (χ3n) is 3.24. The van der Waals surface area contributed by atoms with Crippen molar-refractivity contribution in [3.63, 3.8) is 0 Å². The third kappa shape index (κ3) is 1.36. The first-order valence-electron chi connectivity index (χ1n) is 5.52. The molecule has 1 aromatic carbocycles. The van der Waals surface area contributed by atoms with Gasteiger partial charge in [0.15, 0.2) is 11.0 Å². The van der Waals surface area contributed by atoms with Crippen molar-refractivity contribution in [2.45, 2.75) is 34.2 Å². The normalized spacial score (nSPS) is 11.3. The second kappa shape index (κ2) is 3.37. The smallest absolute Gasteiger partial charge is 0.230 e. The van der Waals surface area contributed by atoms with Crippen LogP contribution in [0.4, 0.5) is 0 Å². The number of nitrogens with zero attached hydrogens (tertiary/aromatic N) is 2. The van der Waals surface area contributed by atoms with Crippen molar-refractivity contribution in [1.82, 2.24) is 4.57 Å². The zero-order valence-electron chi connectivity index (χ0n) is 10.3. The van der Waals surface area contributed by atoms with Crippen molar-refractivity contribution in [1.29, 1.82) is 0 Å². The van der Waals surface area contributed by atoms with Crippen LogP contribution in [0.5, 0.6) is 0 Å². The summed E-state index contributed by atoms with van der Waals surface area (Å²) in [4.78, 5) is 0. The number of benzene rings is 1. The van der Waals surface area contributed by atoms with Crippen LogP contribution in [0.25, 0.3) is 11.0 Å². The van der Waals surface area contributed by atoms with E-state index in [0.29, 0.717) is 0 Å². The predicted octanol–water partition coefficient (Wildman–Crippen LogP) is 2.41. The Hall–Kier alpha value is -1.31. The van der Waals surface area contributed by atoms with E-state index in [1.54, 1.807) is 0 Å². The van der Waals surface area contributed by atoms with Crippen LogP contribution < -0.4 is 4.57 Å². The largest absolute Gasteiger partial charge is 0.253 e. The Morgan fingerprint density at radius 1 is 1.20 bits per heavy atom. The molecule has 1 heterocycles. The molecule has 0 aliphatic heterocycles. The van der Waals surface area contributed by atoms with Crippen molar-refractivity contribution < 1.29 is 4.57 Å². The van der Waals surface area contributed by atoms with Gasteiger partial charge in [0.05, 0.1) is 13.6 Å². The minimum atomic E-state index is 1.03. The summed E-state index contributed by atoms with van der Waals surface area (Å²) in [5.41, 5.74) is 5.42. The van der Waals surface area contributed by atoms with Crippen molar-refractivity contribution >= 4 is 11.0 Å². The van der Waals surface area contributed by atoms with E-state index in [4.69, 9.17) is 0 Å². The Bertz CT molecular complexity index is 521. The van der Waals surface area contributed by atoms with Crippen LogP contribution in [0.3, 0.4) is 0 Å². The molecule has 0 aliphatic carbocycles. The monoisotopic (exact) mass is 203 g/mol. The second-order valence-electron chi connectivity index (χ2n) is 4.30. The van der Waals surface area contributed by atoms with Gasteiger partial charge in [0, 0.05) is 12.5 Å². The van der Waals surface area contributed by atoms with E-state index in [1.807, 2.05) is 0 Å². The molecule has 0 saturated heterocycles. The maximum absolute atomic E-state index is 2.37. The van der Waals surface area contributed by atoms with Gasteiger partial charge in [-0.2, -0.15) is 0 Å². The fourth-order valence-electron chi connectivity index (χ4n) is 2.50. The number of aryl methyl sites for hydroxylation is 4. The first kappa shape index (κ1) is 10.2. The van der Waals surface area contributed by atoms with E-state index in [9.17, 15) is 0 Å². The maximum atomic E-state index is 2.37. The van der Waals surface area contributed by atoms with Crippen LogP contribution >= 0.6 is 0 Å². The van der Waals surface area contributed by atoms with Crippen molar-refractivity contribution in [2.24, 2.45) is 7.05 Å². The van der Waals surface area contributed by atoms with Crippen LogP contribution in [0.2, 0.25) is 0 Å². The highest BCUT2D eigenvalue weighted by Gasteiger charge is 2.19. The first-order chi connectivity index (χ1) is 7.06. The Labute approximate surface area is 91.2 Å². The summed E-state index contributed by atoms with van der Waals surface area (Å²) >= 11 is 0. The standard InChI is InChI=1S/C13H19N2/c1-6-15-11(4)14(5)13-10(3)7-9(2)8-12(13)15/h7-8H,6H2,1-5H3/q+1. The first-order valence-corrected chi connectivity index (χ1v) is 5.52. The Morgan fingerprint density at radius 3 is 2.47 bits per heavy atom. The van der Waals surface area contributed by atoms with Gasteiger partial charge in [-0.15, -0.1) is 0 Å². The van der Waals surface area contributed by atoms with E-state index in [2.05, 4.69) is 56.0 Å². The lowest BCUT2D eigenvalue weighted by Crippen LogP contribution is -2.31. The lowest BCUT2D eigenvalue weighted by atomic mass is 10.1. The number of aromatic nitrogens is 2. The van der Waals surface area contributed by atoms with Gasteiger partial charge < -0.3 is 0 Å². The Balaban J connectivity index is 2.97. The summed E-state index contributed by atoms with van der Waals surface area (Å²) < 4.78 is 4.66. The molecular weight excluding hydrogens is 184 g/mol. The summed E-state index contributed by atoms with van der Waals surface area (Å²) in [6.07, 6.45) is 0. The molecule has 0 amide bonds. The molecule has 0 spiro atoms. The van der Waals surface area contributed by atoms with Gasteiger partial charge in [-0.1, -0.05) is 6.07 Å². The zero-order chi connectivity index (χ0) is 11.2. The second-order valence-corrected chi connectivity index (χ2v) is 4.30. The number of fused-ring (bicyclic) bond motifs is 1. The molecule has 80 valence electrons. The Kier molecular flexibility index (Phi) is 2.29. The average molecular weight is 203 g/mol. The fourth-order valence-corrected chi connectivity index (χ4v) is 2.50. The molecule has 0 unspecified atom stereocenters. The summed E-state index contributed by atoms with van der Waals surface area (Å²) in [6, 6.07) is 4.53. The minimum absolute atomic E-state index is 1.03. The van der Waals surface area contributed by atoms with Crippen LogP contribution in [0, 0.1) is 20.8 Å². The quantitative estimate of drug-likeness (QED) is 0.629. The van der Waals surface area contributed by atoms with Crippen molar-refractivity contribution in [3.8, 4) is 0 Å². The van der Waals surface area contributed by atoms with Gasteiger partial charge in [0.25, 0.3) is 5.82 Å². The lowest BCUT2D eigenvalue weighted by Gasteiger charge is -1.97. The van der Waals surface area contributed by atoms with E-state index in [0.717, 1.165) is 6.54 Å². The molecule has 0 saturated carbocycles. The molecule has 0 atom stereocenters. The van der Waals surface area contributed by atoms with Crippen LogP contribution in [-0.4, -0.2) is 4.57 Å². The molecule has 0 radical (unpaired) electrons. The van der Waals surface area contributed by atoms with E-state index in [-0.39, 0.29) is 0 Å². The van der Waals surface area contributed by atoms with E-state index in [1.165, 1.54) is 28.0 Å². The van der Waals surface area contributed by atoms with Crippen LogP contribution in [0.1, 0.15) is 23.9 Å². The molecule has 0 N–H and O–H groups in total. The SMILES string of the molecule is CCn1c(C)[n+](C)c2c(C)cc(C)cc21. The fraction of sp³-hybridized carbons (Fsp3) is 0.462. The van der Waals surface area contributed by atoms with Gasteiger partial charge >= 0.3 is 0 Å². The van der Waals surface area contributed by atoms with Gasteiger partial charge in [-0.05, 0) is 32.4 Å². The summed E-state index contributed by atoms with van der Waals surface area (Å²) in [7, 11) is 2.14. The molecule has 0 bridgehead atoms. The average Bonchev–Trinajstić information content (AvgIpc) is 2.39. The summed E-state index contributed by atoms with van der Waals surface area (Å²) in [6.45, 7) is 9.76. The third-order valence-corrected chi connectivity index (χ3v) is 3.24. The maximum Gasteiger partial charge on any atom is 0.253 e. The molecule has 1 aromatic heterocycles. The van der Waals surface area contributed by atoms with Gasteiger partial charge in [-0.3, -0.25) is 0 Å². The summed E-state index contributed by atoms with van der Waals surface area (Å²) in [5.74, 6) is 1.32. The predicted molar refractivity (Wildman–Crippen MR) is 63.0 cm³/mol. The van der Waals surface area contributed by atoms with Gasteiger partial charge in [-0.25, -0.2) is 9.13 Å². The lowest BCUT2D eigenvalue weighted by molar-refractivity contribution is -0.652. The zero-order valence-corrected chi connectivity index (χ0v) is 10.3. The highest BCUT2D eigenvalue weighted by Crippen LogP contribution is 2.19. The molecular formula is C13H19N2+. The topological polar surface area (TPSA) is 8.81 Å². The van der Waals surface area contributed by atoms with Crippen LogP contribution in [0.15, 0.2) is 12.1 Å². The number of rotatable bonds is 1. The van der Waals surface area contributed by atoms with Crippen LogP contribution in [-0.2, 0) is 13.6 Å². The van der Waals surface area contributed by atoms with E-state index < -0.39 is 0 Å². The van der Waals surface area contributed by atoms with Crippen molar-refractivity contribution in [2.75, 3.05) is 0 Å². The highest BCUT2D eigenvalue weighted by molar-refractivity contribution is 5.77. The number of hydrogen-bond donors (Lipinski definition) is 0. The van der Waals surface area contributed by atoms with E-state index >= 15 is 0 Å². The molecule has 2 rings (SSSR count). The summed E-state index contributed by atoms with van der Waals surface area (Å²) in [5, 5.41) is 0. The molecule has 15 heavy (non-hydrogen) atoms. The number of hydrogen-bond acceptors (Lipinski definition) is 0. The number of imidazole rings is 1. The molecule has 0 aliphatic rings. The van der Waals surface area contributed by atoms with Crippen molar-refractivity contribution in [3.05, 3.63) is 29.1 Å². The molecule has 2 nitrogen and oxygen atoms in total. The van der Waals surface area contributed by atoms with Gasteiger partial charge in [0.2, 0.25) is 0 Å². The molecule has 0 fully saturated rings. The van der Waals surface area contributed by atoms with Gasteiger partial charge in [0.1, 0.15) is 0 Å². The minimum Gasteiger partial charge on any atom is -0.230 e. The molecule has 2 heteroatoms. The Morgan fingerprint density at radius 2 is 1.87 bits per heavy atom.